The van der Waals surface area contributed by atoms with Crippen molar-refractivity contribution in [3.8, 4) is 0 Å². The Hall–Kier alpha value is -2.16. The number of halogens is 4. The maximum absolute atomic E-state index is 13.5. The molecule has 1 fully saturated rings. The van der Waals surface area contributed by atoms with E-state index in [0.29, 0.717) is 24.6 Å². The van der Waals surface area contributed by atoms with Gasteiger partial charge in [-0.2, -0.15) is 13.2 Å². The van der Waals surface area contributed by atoms with E-state index < -0.39 is 40.5 Å². The molecule has 2 amide bonds. The zero-order valence-electron chi connectivity index (χ0n) is 12.8. The summed E-state index contributed by atoms with van der Waals surface area (Å²) in [5.74, 6) is -2.90. The molecule has 1 aromatic rings. The maximum Gasteiger partial charge on any atom is 0.416 e. The summed E-state index contributed by atoms with van der Waals surface area (Å²) in [6.07, 6.45) is -4.14. The first-order valence-corrected chi connectivity index (χ1v) is 7.10. The number of primary amides is 1. The second-order valence-electron chi connectivity index (χ2n) is 5.62. The van der Waals surface area contributed by atoms with Gasteiger partial charge >= 0.3 is 6.18 Å². The molecule has 1 aliphatic rings. The van der Waals surface area contributed by atoms with Gasteiger partial charge in [0, 0.05) is 19.2 Å². The fourth-order valence-corrected chi connectivity index (χ4v) is 2.92. The van der Waals surface area contributed by atoms with E-state index in [-0.39, 0.29) is 19.6 Å². The van der Waals surface area contributed by atoms with E-state index in [1.807, 2.05) is 0 Å². The van der Waals surface area contributed by atoms with E-state index >= 15 is 0 Å². The van der Waals surface area contributed by atoms with Gasteiger partial charge in [0.1, 0.15) is 11.4 Å². The predicted octanol–water partition coefficient (Wildman–Crippen LogP) is 1.95. The van der Waals surface area contributed by atoms with E-state index in [9.17, 15) is 27.2 Å². The van der Waals surface area contributed by atoms with Crippen LogP contribution in [0.15, 0.2) is 18.2 Å². The number of alkyl halides is 3. The second kappa shape index (κ2) is 6.39. The van der Waals surface area contributed by atoms with E-state index in [4.69, 9.17) is 10.5 Å². The molecule has 1 saturated heterocycles. The molecule has 0 radical (unpaired) electrons. The molecule has 0 aliphatic carbocycles. The lowest BCUT2D eigenvalue weighted by Gasteiger charge is -2.35. The normalized spacial score (nSPS) is 21.1. The minimum atomic E-state index is -4.80. The monoisotopic (exact) mass is 348 g/mol. The van der Waals surface area contributed by atoms with Crippen molar-refractivity contribution in [1.82, 2.24) is 4.90 Å². The standard InChI is InChI=1S/C15H16F4N2O3/c1-24-8-14(13(20)23)3-2-4-21(14)12(22)9-5-10(15(17,18)19)7-11(16)6-9/h5-7H,2-4,8H2,1H3,(H2,20,23). The molecule has 1 aromatic carbocycles. The zero-order chi connectivity index (χ0) is 18.1. The average molecular weight is 348 g/mol. The van der Waals surface area contributed by atoms with Gasteiger partial charge in [-0.15, -0.1) is 0 Å². The fourth-order valence-electron chi connectivity index (χ4n) is 2.92. The number of carbonyl (C=O) groups is 2. The lowest BCUT2D eigenvalue weighted by Crippen LogP contribution is -2.58. The van der Waals surface area contributed by atoms with Gasteiger partial charge < -0.3 is 15.4 Å². The van der Waals surface area contributed by atoms with Crippen LogP contribution in [0, 0.1) is 5.82 Å². The molecule has 2 rings (SSSR count). The van der Waals surface area contributed by atoms with Gasteiger partial charge in [-0.05, 0) is 31.0 Å². The molecular formula is C15H16F4N2O3. The highest BCUT2D eigenvalue weighted by atomic mass is 19.4. The Kier molecular flexibility index (Phi) is 4.84. The number of hydrogen-bond acceptors (Lipinski definition) is 3. The molecule has 132 valence electrons. The van der Waals surface area contributed by atoms with Gasteiger partial charge in [-0.25, -0.2) is 4.39 Å². The first-order chi connectivity index (χ1) is 11.1. The number of methoxy groups -OCH3 is 1. The van der Waals surface area contributed by atoms with Gasteiger partial charge in [-0.3, -0.25) is 9.59 Å². The van der Waals surface area contributed by atoms with E-state index in [1.165, 1.54) is 7.11 Å². The van der Waals surface area contributed by atoms with Crippen LogP contribution in [0.3, 0.4) is 0 Å². The maximum atomic E-state index is 13.5. The molecule has 1 atom stereocenters. The number of hydrogen-bond donors (Lipinski definition) is 1. The van der Waals surface area contributed by atoms with Crippen LogP contribution >= 0.6 is 0 Å². The fraction of sp³-hybridized carbons (Fsp3) is 0.467. The van der Waals surface area contributed by atoms with Crippen molar-refractivity contribution in [3.63, 3.8) is 0 Å². The Labute approximate surface area is 135 Å². The quantitative estimate of drug-likeness (QED) is 0.846. The minimum absolute atomic E-state index is 0.114. The molecule has 24 heavy (non-hydrogen) atoms. The molecule has 1 aliphatic heterocycles. The lowest BCUT2D eigenvalue weighted by molar-refractivity contribution is -0.137. The van der Waals surface area contributed by atoms with Crippen LogP contribution < -0.4 is 5.73 Å². The third-order valence-electron chi connectivity index (χ3n) is 4.05. The van der Waals surface area contributed by atoms with Crippen LogP contribution in [-0.2, 0) is 15.7 Å². The molecule has 0 saturated carbocycles. The van der Waals surface area contributed by atoms with Gasteiger partial charge in [0.2, 0.25) is 5.91 Å². The second-order valence-corrected chi connectivity index (χ2v) is 5.62. The number of nitrogens with zero attached hydrogens (tertiary/aromatic N) is 1. The summed E-state index contributed by atoms with van der Waals surface area (Å²) >= 11 is 0. The molecule has 2 N–H and O–H groups in total. The first kappa shape index (κ1) is 18.2. The van der Waals surface area contributed by atoms with Crippen molar-refractivity contribution < 1.29 is 31.9 Å². The summed E-state index contributed by atoms with van der Waals surface area (Å²) in [5.41, 5.74) is 2.17. The highest BCUT2D eigenvalue weighted by Crippen LogP contribution is 2.34. The van der Waals surface area contributed by atoms with Crippen LogP contribution in [0.5, 0.6) is 0 Å². The summed E-state index contributed by atoms with van der Waals surface area (Å²) in [4.78, 5) is 25.5. The number of rotatable bonds is 4. The summed E-state index contributed by atoms with van der Waals surface area (Å²) in [6.45, 7) is -0.0709. The third kappa shape index (κ3) is 3.21. The molecule has 1 heterocycles. The number of likely N-dealkylation sites (tertiary alicyclic amines) is 1. The Balaban J connectivity index is 2.44. The molecular weight excluding hydrogens is 332 g/mol. The van der Waals surface area contributed by atoms with Gasteiger partial charge in [-0.1, -0.05) is 0 Å². The summed E-state index contributed by atoms with van der Waals surface area (Å²) < 4.78 is 56.9. The SMILES string of the molecule is COCC1(C(N)=O)CCCN1C(=O)c1cc(F)cc(C(F)(F)F)c1. The third-order valence-corrected chi connectivity index (χ3v) is 4.05. The van der Waals surface area contributed by atoms with Crippen molar-refractivity contribution in [3.05, 3.63) is 35.1 Å². The molecule has 5 nitrogen and oxygen atoms in total. The summed E-state index contributed by atoms with van der Waals surface area (Å²) in [5, 5.41) is 0. The molecule has 0 bridgehead atoms. The Morgan fingerprint density at radius 3 is 2.54 bits per heavy atom. The van der Waals surface area contributed by atoms with Crippen LogP contribution in [0.4, 0.5) is 17.6 Å². The van der Waals surface area contributed by atoms with Crippen molar-refractivity contribution >= 4 is 11.8 Å². The summed E-state index contributed by atoms with van der Waals surface area (Å²) in [6, 6.07) is 1.56. The Bertz CT molecular complexity index is 663. The van der Waals surface area contributed by atoms with Crippen molar-refractivity contribution in [1.29, 1.82) is 0 Å². The number of nitrogens with two attached hydrogens (primary N) is 1. The van der Waals surface area contributed by atoms with E-state index in [1.54, 1.807) is 0 Å². The van der Waals surface area contributed by atoms with Crippen LogP contribution in [0.2, 0.25) is 0 Å². The van der Waals surface area contributed by atoms with Gasteiger partial charge in [0.25, 0.3) is 5.91 Å². The molecule has 0 aromatic heterocycles. The van der Waals surface area contributed by atoms with Crippen molar-refractivity contribution in [2.24, 2.45) is 5.73 Å². The van der Waals surface area contributed by atoms with Gasteiger partial charge in [0.05, 0.1) is 12.2 Å². The first-order valence-electron chi connectivity index (χ1n) is 7.10. The largest absolute Gasteiger partial charge is 0.416 e. The van der Waals surface area contributed by atoms with Crippen LogP contribution in [0.25, 0.3) is 0 Å². The minimum Gasteiger partial charge on any atom is -0.382 e. The number of carbonyl (C=O) groups excluding carboxylic acids is 2. The average Bonchev–Trinajstić information content (AvgIpc) is 2.90. The Morgan fingerprint density at radius 1 is 1.33 bits per heavy atom. The number of amides is 2. The number of ether oxygens (including phenoxy) is 1. The molecule has 1 unspecified atom stereocenters. The lowest BCUT2D eigenvalue weighted by atomic mass is 9.95. The highest BCUT2D eigenvalue weighted by molar-refractivity contribution is 5.99. The highest BCUT2D eigenvalue weighted by Gasteiger charge is 2.49. The zero-order valence-corrected chi connectivity index (χ0v) is 12.8. The molecule has 9 heteroatoms. The molecule has 0 spiro atoms. The van der Waals surface area contributed by atoms with Crippen LogP contribution in [0.1, 0.15) is 28.8 Å². The van der Waals surface area contributed by atoms with E-state index in [0.717, 1.165) is 4.90 Å². The van der Waals surface area contributed by atoms with Gasteiger partial charge in [0.15, 0.2) is 0 Å². The Morgan fingerprint density at radius 2 is 2.00 bits per heavy atom. The van der Waals surface area contributed by atoms with Crippen molar-refractivity contribution in [2.45, 2.75) is 24.6 Å². The summed E-state index contributed by atoms with van der Waals surface area (Å²) in [7, 11) is 1.32. The number of benzene rings is 1. The predicted molar refractivity (Wildman–Crippen MR) is 75.5 cm³/mol. The topological polar surface area (TPSA) is 72.6 Å². The van der Waals surface area contributed by atoms with Crippen molar-refractivity contribution in [2.75, 3.05) is 20.3 Å². The van der Waals surface area contributed by atoms with E-state index in [2.05, 4.69) is 0 Å². The van der Waals surface area contributed by atoms with Crippen LogP contribution in [-0.4, -0.2) is 42.5 Å². The smallest absolute Gasteiger partial charge is 0.382 e.